The molecule has 4 heteroatoms. The molecule has 0 aliphatic rings. The average Bonchev–Trinajstić information content (AvgIpc) is 2.48. The molecule has 0 radical (unpaired) electrons. The minimum Gasteiger partial charge on any atom is -0.418 e. The maximum atomic E-state index is 6.40. The molecule has 0 aromatic carbocycles. The Morgan fingerprint density at radius 3 is 1.04 bits per heavy atom. The van der Waals surface area contributed by atoms with Crippen LogP contribution in [0.2, 0.25) is 12.1 Å². The molecule has 2 nitrogen and oxygen atoms in total. The normalized spacial score (nSPS) is 14.8. The van der Waals surface area contributed by atoms with Gasteiger partial charge in [-0.3, -0.25) is 0 Å². The number of unbranched alkanes of at least 4 members (excludes halogenated alkanes) is 1. The Morgan fingerprint density at radius 1 is 0.583 bits per heavy atom. The zero-order valence-electron chi connectivity index (χ0n) is 18.4. The molecule has 0 amide bonds. The summed E-state index contributed by atoms with van der Waals surface area (Å²) in [7, 11) is -0.782. The van der Waals surface area contributed by atoms with Crippen molar-refractivity contribution in [1.29, 1.82) is 0 Å². The topological polar surface area (TPSA) is 18.5 Å². The molecular formula is C20H46O2Si2. The average molecular weight is 375 g/mol. The van der Waals surface area contributed by atoms with Crippen LogP contribution in [0.3, 0.4) is 0 Å². The second kappa shape index (κ2) is 11.1. The second-order valence-corrected chi connectivity index (χ2v) is 11.9. The highest BCUT2D eigenvalue weighted by Crippen LogP contribution is 2.30. The van der Waals surface area contributed by atoms with E-state index in [1.807, 2.05) is 0 Å². The Balaban J connectivity index is 3.93. The summed E-state index contributed by atoms with van der Waals surface area (Å²) in [6, 6.07) is 2.63. The van der Waals surface area contributed by atoms with Gasteiger partial charge in [0.2, 0.25) is 0 Å². The first kappa shape index (κ1) is 24.4. The monoisotopic (exact) mass is 374 g/mol. The molecule has 0 fully saturated rings. The summed E-state index contributed by atoms with van der Waals surface area (Å²) in [4.78, 5) is 0. The highest BCUT2D eigenvalue weighted by molar-refractivity contribution is 6.28. The van der Waals surface area contributed by atoms with Gasteiger partial charge in [0.15, 0.2) is 19.5 Å². The van der Waals surface area contributed by atoms with E-state index in [1.54, 1.807) is 0 Å². The van der Waals surface area contributed by atoms with Crippen LogP contribution >= 0.6 is 0 Å². The van der Waals surface area contributed by atoms with Crippen molar-refractivity contribution in [2.75, 3.05) is 0 Å². The van der Waals surface area contributed by atoms with E-state index < -0.39 is 19.5 Å². The smallest absolute Gasteiger partial charge is 0.162 e. The molecular weight excluding hydrogens is 328 g/mol. The van der Waals surface area contributed by atoms with E-state index in [4.69, 9.17) is 8.85 Å². The summed E-state index contributed by atoms with van der Waals surface area (Å²) in [5.74, 6) is 2.37. The SMILES string of the molecule is CC(C)C(C)(O[SiH2]CCCC[SiH2]OC(C)(C(C)C)C(C)C)C(C)C. The van der Waals surface area contributed by atoms with E-state index >= 15 is 0 Å². The highest BCUT2D eigenvalue weighted by Gasteiger charge is 2.33. The van der Waals surface area contributed by atoms with Gasteiger partial charge in [-0.1, -0.05) is 68.2 Å². The predicted octanol–water partition coefficient (Wildman–Crippen LogP) is 4.95. The molecule has 0 spiro atoms. The highest BCUT2D eigenvalue weighted by atomic mass is 28.2. The van der Waals surface area contributed by atoms with Gasteiger partial charge in [0.1, 0.15) is 0 Å². The minimum absolute atomic E-state index is 0.0699. The lowest BCUT2D eigenvalue weighted by Gasteiger charge is -2.38. The van der Waals surface area contributed by atoms with E-state index in [1.165, 1.54) is 24.9 Å². The first-order chi connectivity index (χ1) is 11.0. The maximum Gasteiger partial charge on any atom is 0.162 e. The fourth-order valence-electron chi connectivity index (χ4n) is 3.14. The van der Waals surface area contributed by atoms with Gasteiger partial charge in [0, 0.05) is 0 Å². The third kappa shape index (κ3) is 7.31. The zero-order valence-corrected chi connectivity index (χ0v) is 21.2. The molecule has 0 atom stereocenters. The lowest BCUT2D eigenvalue weighted by atomic mass is 9.82. The van der Waals surface area contributed by atoms with Gasteiger partial charge in [-0.25, -0.2) is 0 Å². The quantitative estimate of drug-likeness (QED) is 0.335. The third-order valence-corrected chi connectivity index (χ3v) is 9.68. The molecule has 0 bridgehead atoms. The van der Waals surface area contributed by atoms with Crippen molar-refractivity contribution in [3.05, 3.63) is 0 Å². The molecule has 0 saturated carbocycles. The fraction of sp³-hybridized carbons (Fsp3) is 1.00. The van der Waals surface area contributed by atoms with Crippen molar-refractivity contribution in [3.63, 3.8) is 0 Å². The van der Waals surface area contributed by atoms with Crippen LogP contribution in [0.4, 0.5) is 0 Å². The van der Waals surface area contributed by atoms with Crippen LogP contribution in [-0.2, 0) is 8.85 Å². The molecule has 0 N–H and O–H groups in total. The van der Waals surface area contributed by atoms with Crippen LogP contribution in [0, 0.1) is 23.7 Å². The molecule has 0 aromatic rings. The summed E-state index contributed by atoms with van der Waals surface area (Å²) >= 11 is 0. The summed E-state index contributed by atoms with van der Waals surface area (Å²) in [5, 5.41) is 0. The van der Waals surface area contributed by atoms with Crippen LogP contribution in [-0.4, -0.2) is 30.7 Å². The van der Waals surface area contributed by atoms with Crippen LogP contribution < -0.4 is 0 Å². The van der Waals surface area contributed by atoms with Crippen molar-refractivity contribution in [1.82, 2.24) is 0 Å². The Bertz CT molecular complexity index is 280. The lowest BCUT2D eigenvalue weighted by molar-refractivity contribution is -0.00180. The molecule has 0 aromatic heterocycles. The summed E-state index contributed by atoms with van der Waals surface area (Å²) in [6.45, 7) is 22.9. The van der Waals surface area contributed by atoms with Crippen LogP contribution in [0.15, 0.2) is 0 Å². The van der Waals surface area contributed by atoms with E-state index in [0.29, 0.717) is 23.7 Å². The van der Waals surface area contributed by atoms with Crippen LogP contribution in [0.5, 0.6) is 0 Å². The standard InChI is InChI=1S/C20H46O2Si2/c1-15(2)19(9,16(3)4)21-23-13-11-12-14-24-22-20(10,17(5)6)18(7)8/h15-18H,11-14,23-24H2,1-10H3. The first-order valence-corrected chi connectivity index (χ1v) is 13.4. The molecule has 0 aliphatic carbocycles. The lowest BCUT2D eigenvalue weighted by Crippen LogP contribution is -2.41. The zero-order chi connectivity index (χ0) is 19.0. The molecule has 0 unspecified atom stereocenters. The van der Waals surface area contributed by atoms with E-state index in [0.717, 1.165) is 0 Å². The number of rotatable bonds is 13. The number of hydrogen-bond donors (Lipinski definition) is 0. The number of hydrogen-bond acceptors (Lipinski definition) is 2. The van der Waals surface area contributed by atoms with Gasteiger partial charge in [-0.15, -0.1) is 0 Å². The summed E-state index contributed by atoms with van der Waals surface area (Å²) in [6.07, 6.45) is 2.66. The van der Waals surface area contributed by atoms with E-state index in [9.17, 15) is 0 Å². The van der Waals surface area contributed by atoms with Crippen LogP contribution in [0.25, 0.3) is 0 Å². The molecule has 0 heterocycles. The van der Waals surface area contributed by atoms with E-state index in [-0.39, 0.29) is 11.2 Å². The van der Waals surface area contributed by atoms with Gasteiger partial charge >= 0.3 is 0 Å². The second-order valence-electron chi connectivity index (χ2n) is 9.10. The fourth-order valence-corrected chi connectivity index (χ4v) is 6.76. The third-order valence-electron chi connectivity index (χ3n) is 6.45. The predicted molar refractivity (Wildman–Crippen MR) is 114 cm³/mol. The van der Waals surface area contributed by atoms with Gasteiger partial charge in [0.25, 0.3) is 0 Å². The summed E-state index contributed by atoms with van der Waals surface area (Å²) < 4.78 is 12.8. The largest absolute Gasteiger partial charge is 0.418 e. The molecule has 146 valence electrons. The van der Waals surface area contributed by atoms with Gasteiger partial charge < -0.3 is 8.85 Å². The van der Waals surface area contributed by atoms with E-state index in [2.05, 4.69) is 69.2 Å². The Labute approximate surface area is 157 Å². The molecule has 0 aliphatic heterocycles. The minimum atomic E-state index is -0.391. The first-order valence-electron chi connectivity index (χ1n) is 10.3. The Morgan fingerprint density at radius 2 is 0.833 bits per heavy atom. The molecule has 0 rings (SSSR count). The van der Waals surface area contributed by atoms with Crippen molar-refractivity contribution in [3.8, 4) is 0 Å². The van der Waals surface area contributed by atoms with Crippen molar-refractivity contribution in [2.45, 2.75) is 105 Å². The van der Waals surface area contributed by atoms with Crippen molar-refractivity contribution >= 4 is 19.5 Å². The molecule has 24 heavy (non-hydrogen) atoms. The van der Waals surface area contributed by atoms with Crippen molar-refractivity contribution in [2.24, 2.45) is 23.7 Å². The Kier molecular flexibility index (Phi) is 11.3. The van der Waals surface area contributed by atoms with Gasteiger partial charge in [-0.05, 0) is 49.6 Å². The van der Waals surface area contributed by atoms with Gasteiger partial charge in [-0.2, -0.15) is 0 Å². The van der Waals surface area contributed by atoms with Crippen molar-refractivity contribution < 1.29 is 8.85 Å². The maximum absolute atomic E-state index is 6.40. The Hall–Kier alpha value is 0.354. The van der Waals surface area contributed by atoms with Gasteiger partial charge in [0.05, 0.1) is 11.2 Å². The molecule has 0 saturated heterocycles. The summed E-state index contributed by atoms with van der Waals surface area (Å²) in [5.41, 5.74) is 0.140. The van der Waals surface area contributed by atoms with Crippen LogP contribution in [0.1, 0.15) is 82.1 Å².